The van der Waals surface area contributed by atoms with Crippen LogP contribution in [0.1, 0.15) is 23.2 Å². The molecule has 0 atom stereocenters. The number of nitrogens with one attached hydrogen (secondary N) is 2. The van der Waals surface area contributed by atoms with Gasteiger partial charge in [-0.3, -0.25) is 0 Å². The highest BCUT2D eigenvalue weighted by atomic mass is 16.5. The molecule has 0 saturated heterocycles. The fourth-order valence-corrected chi connectivity index (χ4v) is 2.05. The van der Waals surface area contributed by atoms with Crippen LogP contribution in [0.5, 0.6) is 0 Å². The fourth-order valence-electron chi connectivity index (χ4n) is 2.05. The lowest BCUT2D eigenvalue weighted by Crippen LogP contribution is -2.10. The summed E-state index contributed by atoms with van der Waals surface area (Å²) >= 11 is 0. The van der Waals surface area contributed by atoms with Gasteiger partial charge in [0.1, 0.15) is 5.82 Å². The molecule has 0 saturated carbocycles. The molecule has 5 heteroatoms. The molecule has 0 spiro atoms. The van der Waals surface area contributed by atoms with Gasteiger partial charge in [0, 0.05) is 38.6 Å². The van der Waals surface area contributed by atoms with Crippen LogP contribution in [0.3, 0.4) is 0 Å². The molecule has 1 aromatic carbocycles. The molecule has 1 heterocycles. The fraction of sp³-hybridized carbons (Fsp3) is 0.412. The van der Waals surface area contributed by atoms with Crippen LogP contribution in [0.4, 0.5) is 11.8 Å². The average molecular weight is 300 g/mol. The molecule has 2 N–H and O–H groups in total. The summed E-state index contributed by atoms with van der Waals surface area (Å²) in [6.45, 7) is 6.34. The summed E-state index contributed by atoms with van der Waals surface area (Å²) in [7, 11) is 1.70. The van der Waals surface area contributed by atoms with Gasteiger partial charge in [0.05, 0.1) is 0 Å². The van der Waals surface area contributed by atoms with E-state index >= 15 is 0 Å². The monoisotopic (exact) mass is 300 g/mol. The lowest BCUT2D eigenvalue weighted by Gasteiger charge is -2.10. The zero-order chi connectivity index (χ0) is 15.8. The molecule has 22 heavy (non-hydrogen) atoms. The number of ether oxygens (including phenoxy) is 1. The van der Waals surface area contributed by atoms with E-state index in [1.54, 1.807) is 7.11 Å². The first-order valence-electron chi connectivity index (χ1n) is 7.55. The summed E-state index contributed by atoms with van der Waals surface area (Å²) in [6, 6.07) is 10.4. The van der Waals surface area contributed by atoms with Crippen LogP contribution in [0.25, 0.3) is 0 Å². The summed E-state index contributed by atoms with van der Waals surface area (Å²) in [4.78, 5) is 8.88. The highest BCUT2D eigenvalue weighted by molar-refractivity contribution is 5.42. The van der Waals surface area contributed by atoms with E-state index in [1.165, 1.54) is 11.1 Å². The normalized spacial score (nSPS) is 10.5. The first-order valence-corrected chi connectivity index (χ1v) is 7.55. The Balaban J connectivity index is 1.92. The maximum Gasteiger partial charge on any atom is 0.224 e. The Hall–Kier alpha value is -2.14. The van der Waals surface area contributed by atoms with Crippen LogP contribution in [0.15, 0.2) is 30.3 Å². The second kappa shape index (κ2) is 8.34. The number of anilines is 2. The van der Waals surface area contributed by atoms with Crippen molar-refractivity contribution in [3.05, 3.63) is 47.2 Å². The van der Waals surface area contributed by atoms with Gasteiger partial charge in [0.15, 0.2) is 0 Å². The molecule has 0 aliphatic carbocycles. The molecule has 118 valence electrons. The van der Waals surface area contributed by atoms with Crippen molar-refractivity contribution in [3.8, 4) is 0 Å². The molecule has 5 nitrogen and oxygen atoms in total. The Kier molecular flexibility index (Phi) is 6.15. The van der Waals surface area contributed by atoms with Gasteiger partial charge in [-0.05, 0) is 25.8 Å². The van der Waals surface area contributed by atoms with Crippen molar-refractivity contribution < 1.29 is 4.74 Å². The van der Waals surface area contributed by atoms with Crippen molar-refractivity contribution >= 4 is 11.8 Å². The lowest BCUT2D eigenvalue weighted by molar-refractivity contribution is 0.197. The standard InChI is InChI=1S/C17H24N4O/c1-13-5-7-15(8-6-13)12-19-16-11-14(2)20-17(21-16)18-9-4-10-22-3/h5-8,11H,4,9-10,12H2,1-3H3,(H2,18,19,20,21). The largest absolute Gasteiger partial charge is 0.385 e. The molecule has 0 radical (unpaired) electrons. The van der Waals surface area contributed by atoms with E-state index in [2.05, 4.69) is 51.8 Å². The van der Waals surface area contributed by atoms with Crippen molar-refractivity contribution in [2.75, 3.05) is 30.9 Å². The topological polar surface area (TPSA) is 59.1 Å². The lowest BCUT2D eigenvalue weighted by atomic mass is 10.1. The molecule has 2 rings (SSSR count). The summed E-state index contributed by atoms with van der Waals surface area (Å²) in [5, 5.41) is 6.57. The quantitative estimate of drug-likeness (QED) is 0.733. The van der Waals surface area contributed by atoms with Crippen molar-refractivity contribution in [2.45, 2.75) is 26.8 Å². The first kappa shape index (κ1) is 16.2. The van der Waals surface area contributed by atoms with Crippen molar-refractivity contribution in [1.82, 2.24) is 9.97 Å². The Morgan fingerprint density at radius 3 is 2.55 bits per heavy atom. The first-order chi connectivity index (χ1) is 10.7. The minimum absolute atomic E-state index is 0.655. The predicted octanol–water partition coefficient (Wildman–Crippen LogP) is 3.15. The van der Waals surface area contributed by atoms with Crippen molar-refractivity contribution in [2.24, 2.45) is 0 Å². The van der Waals surface area contributed by atoms with Crippen LogP contribution < -0.4 is 10.6 Å². The van der Waals surface area contributed by atoms with Crippen LogP contribution >= 0.6 is 0 Å². The molecular formula is C17H24N4O. The minimum Gasteiger partial charge on any atom is -0.385 e. The Labute approximate surface area is 132 Å². The third kappa shape index (κ3) is 5.33. The van der Waals surface area contributed by atoms with Gasteiger partial charge in [-0.2, -0.15) is 4.98 Å². The van der Waals surface area contributed by atoms with E-state index in [0.29, 0.717) is 5.95 Å². The number of hydrogen-bond acceptors (Lipinski definition) is 5. The maximum absolute atomic E-state index is 5.03. The predicted molar refractivity (Wildman–Crippen MR) is 90.3 cm³/mol. The smallest absolute Gasteiger partial charge is 0.224 e. The zero-order valence-corrected chi connectivity index (χ0v) is 13.5. The third-order valence-electron chi connectivity index (χ3n) is 3.26. The van der Waals surface area contributed by atoms with Crippen molar-refractivity contribution in [1.29, 1.82) is 0 Å². The number of benzene rings is 1. The molecule has 0 aliphatic rings. The molecular weight excluding hydrogens is 276 g/mol. The van der Waals surface area contributed by atoms with E-state index in [9.17, 15) is 0 Å². The highest BCUT2D eigenvalue weighted by Gasteiger charge is 2.02. The number of rotatable bonds is 8. The molecule has 1 aromatic heterocycles. The van der Waals surface area contributed by atoms with E-state index < -0.39 is 0 Å². The molecule has 2 aromatic rings. The second-order valence-electron chi connectivity index (χ2n) is 5.33. The minimum atomic E-state index is 0.655. The Morgan fingerprint density at radius 2 is 1.82 bits per heavy atom. The molecule has 0 unspecified atom stereocenters. The van der Waals surface area contributed by atoms with E-state index in [-0.39, 0.29) is 0 Å². The molecule has 0 bridgehead atoms. The highest BCUT2D eigenvalue weighted by Crippen LogP contribution is 2.12. The summed E-state index contributed by atoms with van der Waals surface area (Å²) in [5.74, 6) is 1.49. The Morgan fingerprint density at radius 1 is 1.05 bits per heavy atom. The van der Waals surface area contributed by atoms with Crippen molar-refractivity contribution in [3.63, 3.8) is 0 Å². The molecule has 0 fully saturated rings. The Bertz CT molecular complexity index is 584. The van der Waals surface area contributed by atoms with Gasteiger partial charge in [-0.1, -0.05) is 29.8 Å². The third-order valence-corrected chi connectivity index (χ3v) is 3.26. The summed E-state index contributed by atoms with van der Waals surface area (Å²) < 4.78 is 5.03. The van der Waals surface area contributed by atoms with E-state index in [0.717, 1.165) is 37.6 Å². The second-order valence-corrected chi connectivity index (χ2v) is 5.33. The average Bonchev–Trinajstić information content (AvgIpc) is 2.51. The molecule has 0 aliphatic heterocycles. The summed E-state index contributed by atoms with van der Waals surface area (Å²) in [6.07, 6.45) is 0.930. The SMILES string of the molecule is COCCCNc1nc(C)cc(NCc2ccc(C)cc2)n1. The number of aryl methyl sites for hydroxylation is 2. The van der Waals surface area contributed by atoms with Gasteiger partial charge in [0.2, 0.25) is 5.95 Å². The van der Waals surface area contributed by atoms with Gasteiger partial charge in [0.25, 0.3) is 0 Å². The van der Waals surface area contributed by atoms with Crippen LogP contribution in [0, 0.1) is 13.8 Å². The van der Waals surface area contributed by atoms with Crippen LogP contribution in [0.2, 0.25) is 0 Å². The van der Waals surface area contributed by atoms with Crippen LogP contribution in [-0.4, -0.2) is 30.2 Å². The number of hydrogen-bond donors (Lipinski definition) is 2. The number of methoxy groups -OCH3 is 1. The van der Waals surface area contributed by atoms with Gasteiger partial charge >= 0.3 is 0 Å². The van der Waals surface area contributed by atoms with Gasteiger partial charge < -0.3 is 15.4 Å². The van der Waals surface area contributed by atoms with Gasteiger partial charge in [-0.15, -0.1) is 0 Å². The maximum atomic E-state index is 5.03. The van der Waals surface area contributed by atoms with E-state index in [1.807, 2.05) is 13.0 Å². The van der Waals surface area contributed by atoms with E-state index in [4.69, 9.17) is 4.74 Å². The van der Waals surface area contributed by atoms with Gasteiger partial charge in [-0.25, -0.2) is 4.98 Å². The number of nitrogens with zero attached hydrogens (tertiary/aromatic N) is 2. The number of aromatic nitrogens is 2. The van der Waals surface area contributed by atoms with Crippen LogP contribution in [-0.2, 0) is 11.3 Å². The zero-order valence-electron chi connectivity index (χ0n) is 13.5. The summed E-state index contributed by atoms with van der Waals surface area (Å²) in [5.41, 5.74) is 3.44. The molecule has 0 amide bonds.